The summed E-state index contributed by atoms with van der Waals surface area (Å²) in [7, 11) is 1.15. The number of hydrogen-bond donors (Lipinski definition) is 0. The first-order valence-corrected chi connectivity index (χ1v) is 6.42. The summed E-state index contributed by atoms with van der Waals surface area (Å²) in [6.45, 7) is 3.82. The molecule has 0 saturated heterocycles. The van der Waals surface area contributed by atoms with Crippen LogP contribution in [-0.4, -0.2) is 25.5 Å². The van der Waals surface area contributed by atoms with E-state index in [0.29, 0.717) is 11.3 Å². The SMILES string of the molecule is CCN(C(=O)C(=O)OC)c1ccc2c(C)cc(=O)oc2c1. The largest absolute Gasteiger partial charge is 0.462 e. The Morgan fingerprint density at radius 3 is 2.62 bits per heavy atom. The van der Waals surface area contributed by atoms with Gasteiger partial charge in [-0.1, -0.05) is 0 Å². The highest BCUT2D eigenvalue weighted by Crippen LogP contribution is 2.23. The molecule has 2 aromatic rings. The average molecular weight is 289 g/mol. The Kier molecular flexibility index (Phi) is 4.07. The van der Waals surface area contributed by atoms with Gasteiger partial charge in [0.15, 0.2) is 0 Å². The fourth-order valence-corrected chi connectivity index (χ4v) is 2.12. The molecule has 1 aromatic heterocycles. The van der Waals surface area contributed by atoms with E-state index in [0.717, 1.165) is 18.1 Å². The molecule has 0 aliphatic carbocycles. The van der Waals surface area contributed by atoms with Crippen molar-refractivity contribution in [3.05, 3.63) is 40.2 Å². The molecule has 0 unspecified atom stereocenters. The summed E-state index contributed by atoms with van der Waals surface area (Å²) in [6.07, 6.45) is 0. The number of amides is 1. The molecule has 6 heteroatoms. The number of carbonyl (C=O) groups excluding carboxylic acids is 2. The summed E-state index contributed by atoms with van der Waals surface area (Å²) >= 11 is 0. The van der Waals surface area contributed by atoms with Gasteiger partial charge in [0.05, 0.1) is 7.11 Å². The van der Waals surface area contributed by atoms with Crippen molar-refractivity contribution < 1.29 is 18.7 Å². The van der Waals surface area contributed by atoms with Crippen molar-refractivity contribution in [1.29, 1.82) is 0 Å². The van der Waals surface area contributed by atoms with Crippen molar-refractivity contribution in [2.24, 2.45) is 0 Å². The number of anilines is 1. The molecule has 0 radical (unpaired) electrons. The quantitative estimate of drug-likeness (QED) is 0.477. The Bertz CT molecular complexity index is 762. The zero-order valence-corrected chi connectivity index (χ0v) is 12.0. The van der Waals surface area contributed by atoms with Crippen LogP contribution in [0.25, 0.3) is 11.0 Å². The van der Waals surface area contributed by atoms with Gasteiger partial charge in [0.2, 0.25) is 0 Å². The van der Waals surface area contributed by atoms with Gasteiger partial charge in [0.1, 0.15) is 5.58 Å². The molecule has 6 nitrogen and oxygen atoms in total. The van der Waals surface area contributed by atoms with Crippen LogP contribution in [0.2, 0.25) is 0 Å². The zero-order chi connectivity index (χ0) is 15.6. The molecule has 0 N–H and O–H groups in total. The van der Waals surface area contributed by atoms with Crippen LogP contribution < -0.4 is 10.5 Å². The Labute approximate surface area is 120 Å². The van der Waals surface area contributed by atoms with Gasteiger partial charge in [-0.15, -0.1) is 0 Å². The minimum absolute atomic E-state index is 0.287. The number of hydrogen-bond acceptors (Lipinski definition) is 5. The number of benzene rings is 1. The number of nitrogens with zero attached hydrogens (tertiary/aromatic N) is 1. The second-order valence-corrected chi connectivity index (χ2v) is 4.47. The number of carbonyl (C=O) groups is 2. The summed E-state index contributed by atoms with van der Waals surface area (Å²) < 4.78 is 9.57. The summed E-state index contributed by atoms with van der Waals surface area (Å²) in [5, 5.41) is 0.778. The second-order valence-electron chi connectivity index (χ2n) is 4.47. The maximum absolute atomic E-state index is 11.9. The summed E-state index contributed by atoms with van der Waals surface area (Å²) in [6, 6.07) is 6.41. The smallest absolute Gasteiger partial charge is 0.397 e. The number of esters is 1. The lowest BCUT2D eigenvalue weighted by Gasteiger charge is -2.19. The van der Waals surface area contributed by atoms with Crippen LogP contribution in [0.5, 0.6) is 0 Å². The predicted octanol–water partition coefficient (Wildman–Crippen LogP) is 1.63. The molecule has 21 heavy (non-hydrogen) atoms. The number of methoxy groups -OCH3 is 1. The Morgan fingerprint density at radius 2 is 2.00 bits per heavy atom. The molecule has 0 bridgehead atoms. The van der Waals surface area contributed by atoms with E-state index < -0.39 is 17.5 Å². The van der Waals surface area contributed by atoms with Crippen LogP contribution in [0.15, 0.2) is 33.5 Å². The van der Waals surface area contributed by atoms with Gasteiger partial charge in [0, 0.05) is 29.8 Å². The third-order valence-electron chi connectivity index (χ3n) is 3.17. The molecule has 1 amide bonds. The molecule has 0 fully saturated rings. The first-order valence-electron chi connectivity index (χ1n) is 6.42. The maximum Gasteiger partial charge on any atom is 0.397 e. The van der Waals surface area contributed by atoms with Crippen molar-refractivity contribution in [3.8, 4) is 0 Å². The van der Waals surface area contributed by atoms with E-state index in [4.69, 9.17) is 4.42 Å². The van der Waals surface area contributed by atoms with E-state index in [-0.39, 0.29) is 6.54 Å². The molecule has 1 heterocycles. The van der Waals surface area contributed by atoms with Crippen LogP contribution in [0.1, 0.15) is 12.5 Å². The van der Waals surface area contributed by atoms with Gasteiger partial charge in [-0.3, -0.25) is 4.79 Å². The van der Waals surface area contributed by atoms with Gasteiger partial charge < -0.3 is 14.1 Å². The first-order chi connectivity index (χ1) is 9.97. The third-order valence-corrected chi connectivity index (χ3v) is 3.17. The second kappa shape index (κ2) is 5.78. The Morgan fingerprint density at radius 1 is 1.29 bits per heavy atom. The van der Waals surface area contributed by atoms with Gasteiger partial charge in [0.25, 0.3) is 0 Å². The number of aryl methyl sites for hydroxylation is 1. The van der Waals surface area contributed by atoms with Crippen LogP contribution in [0.3, 0.4) is 0 Å². The van der Waals surface area contributed by atoms with Crippen LogP contribution in [-0.2, 0) is 14.3 Å². The van der Waals surface area contributed by atoms with E-state index in [1.165, 1.54) is 11.0 Å². The molecule has 0 spiro atoms. The number of rotatable bonds is 2. The Hall–Kier alpha value is -2.63. The molecular formula is C15H15NO5. The van der Waals surface area contributed by atoms with E-state index in [1.807, 2.05) is 0 Å². The maximum atomic E-state index is 11.9. The highest BCUT2D eigenvalue weighted by atomic mass is 16.5. The van der Waals surface area contributed by atoms with Crippen LogP contribution >= 0.6 is 0 Å². The summed E-state index contributed by atoms with van der Waals surface area (Å²) in [4.78, 5) is 36.0. The molecule has 0 saturated carbocycles. The Balaban J connectivity index is 2.53. The zero-order valence-electron chi connectivity index (χ0n) is 12.0. The van der Waals surface area contributed by atoms with Crippen LogP contribution in [0, 0.1) is 6.92 Å². The topological polar surface area (TPSA) is 76.8 Å². The highest BCUT2D eigenvalue weighted by molar-refractivity contribution is 6.38. The minimum atomic E-state index is -0.942. The van der Waals surface area contributed by atoms with Crippen molar-refractivity contribution >= 4 is 28.5 Å². The first kappa shape index (κ1) is 14.8. The van der Waals surface area contributed by atoms with Gasteiger partial charge >= 0.3 is 17.5 Å². The number of ether oxygens (including phenoxy) is 1. The molecule has 1 aromatic carbocycles. The van der Waals surface area contributed by atoms with Crippen molar-refractivity contribution in [3.63, 3.8) is 0 Å². The van der Waals surface area contributed by atoms with Crippen molar-refractivity contribution in [2.75, 3.05) is 18.6 Å². The normalized spacial score (nSPS) is 10.4. The standard InChI is InChI=1S/C15H15NO5/c1-4-16(14(18)15(19)20-3)10-5-6-11-9(2)7-13(17)21-12(11)8-10/h5-8H,4H2,1-3H3. The minimum Gasteiger partial charge on any atom is -0.462 e. The monoisotopic (exact) mass is 289 g/mol. The lowest BCUT2D eigenvalue weighted by Crippen LogP contribution is -2.37. The summed E-state index contributed by atoms with van der Waals surface area (Å²) in [5.41, 5.74) is 1.16. The molecule has 0 aliphatic heterocycles. The molecule has 0 atom stereocenters. The van der Waals surface area contributed by atoms with E-state index >= 15 is 0 Å². The molecule has 110 valence electrons. The summed E-state index contributed by atoms with van der Waals surface area (Å²) in [5.74, 6) is -1.71. The fourth-order valence-electron chi connectivity index (χ4n) is 2.12. The predicted molar refractivity (Wildman–Crippen MR) is 77.3 cm³/mol. The van der Waals surface area contributed by atoms with Gasteiger partial charge in [-0.05, 0) is 31.5 Å². The van der Waals surface area contributed by atoms with E-state index in [9.17, 15) is 14.4 Å². The molecule has 0 aliphatic rings. The van der Waals surface area contributed by atoms with Gasteiger partial charge in [-0.25, -0.2) is 9.59 Å². The van der Waals surface area contributed by atoms with Crippen molar-refractivity contribution in [2.45, 2.75) is 13.8 Å². The van der Waals surface area contributed by atoms with Crippen LogP contribution in [0.4, 0.5) is 5.69 Å². The van der Waals surface area contributed by atoms with Gasteiger partial charge in [-0.2, -0.15) is 0 Å². The van der Waals surface area contributed by atoms with E-state index in [2.05, 4.69) is 4.74 Å². The molecule has 2 rings (SSSR count). The molecular weight excluding hydrogens is 274 g/mol. The lowest BCUT2D eigenvalue weighted by molar-refractivity contribution is -0.151. The fraction of sp³-hybridized carbons (Fsp3) is 0.267. The highest BCUT2D eigenvalue weighted by Gasteiger charge is 2.23. The number of likely N-dealkylation sites (N-methyl/N-ethyl adjacent to an activating group) is 1. The van der Waals surface area contributed by atoms with Crippen molar-refractivity contribution in [1.82, 2.24) is 0 Å². The average Bonchev–Trinajstić information content (AvgIpc) is 2.46. The lowest BCUT2D eigenvalue weighted by atomic mass is 10.1. The third kappa shape index (κ3) is 2.79. The number of fused-ring (bicyclic) bond motifs is 1. The van der Waals surface area contributed by atoms with E-state index in [1.54, 1.807) is 32.0 Å².